The van der Waals surface area contributed by atoms with Crippen molar-refractivity contribution in [2.24, 2.45) is 0 Å². The summed E-state index contributed by atoms with van der Waals surface area (Å²) in [4.78, 5) is 2.45. The van der Waals surface area contributed by atoms with Gasteiger partial charge >= 0.3 is 0 Å². The summed E-state index contributed by atoms with van der Waals surface area (Å²) in [5, 5.41) is 3.54. The molecule has 0 amide bonds. The largest absolute Gasteiger partial charge is 0.383 e. The van der Waals surface area contributed by atoms with Crippen LogP contribution >= 0.6 is 0 Å². The van der Waals surface area contributed by atoms with Gasteiger partial charge in [-0.3, -0.25) is 0 Å². The molecule has 0 spiro atoms. The number of likely N-dealkylation sites (N-methyl/N-ethyl adjacent to an activating group) is 1. The van der Waals surface area contributed by atoms with Crippen molar-refractivity contribution >= 4 is 5.69 Å². The molecule has 16 heavy (non-hydrogen) atoms. The van der Waals surface area contributed by atoms with Crippen LogP contribution in [0.3, 0.4) is 0 Å². The van der Waals surface area contributed by atoms with Crippen LogP contribution in [0.4, 0.5) is 5.69 Å². The van der Waals surface area contributed by atoms with E-state index < -0.39 is 0 Å². The highest BCUT2D eigenvalue weighted by Gasteiger charge is 2.19. The van der Waals surface area contributed by atoms with Gasteiger partial charge in [-0.2, -0.15) is 0 Å². The van der Waals surface area contributed by atoms with Crippen molar-refractivity contribution < 1.29 is 0 Å². The standard InChI is InChI=1S/C14H22N2/c1-11-6-7-13(9-12(11)2)15-10-14-5-4-8-16(14)3/h6-7,9,14-15H,4-5,8,10H2,1-3H3. The Morgan fingerprint density at radius 2 is 2.12 bits per heavy atom. The van der Waals surface area contributed by atoms with E-state index in [1.165, 1.54) is 36.2 Å². The molecule has 1 aliphatic heterocycles. The zero-order valence-corrected chi connectivity index (χ0v) is 10.6. The van der Waals surface area contributed by atoms with Crippen molar-refractivity contribution in [2.75, 3.05) is 25.5 Å². The van der Waals surface area contributed by atoms with E-state index in [1.54, 1.807) is 0 Å². The first-order valence-electron chi connectivity index (χ1n) is 6.18. The lowest BCUT2D eigenvalue weighted by Crippen LogP contribution is -2.31. The Morgan fingerprint density at radius 3 is 2.75 bits per heavy atom. The molecule has 0 bridgehead atoms. The van der Waals surface area contributed by atoms with E-state index in [2.05, 4.69) is 49.3 Å². The molecular weight excluding hydrogens is 196 g/mol. The third-order valence-corrected chi connectivity index (χ3v) is 3.72. The average Bonchev–Trinajstić information content (AvgIpc) is 2.66. The van der Waals surface area contributed by atoms with Gasteiger partial charge in [-0.1, -0.05) is 6.07 Å². The molecule has 0 aliphatic carbocycles. The van der Waals surface area contributed by atoms with Crippen molar-refractivity contribution in [1.29, 1.82) is 0 Å². The van der Waals surface area contributed by atoms with Gasteiger partial charge in [-0.25, -0.2) is 0 Å². The van der Waals surface area contributed by atoms with Gasteiger partial charge in [0, 0.05) is 18.3 Å². The third kappa shape index (κ3) is 2.56. The molecule has 1 aromatic carbocycles. The molecular formula is C14H22N2. The smallest absolute Gasteiger partial charge is 0.0343 e. The van der Waals surface area contributed by atoms with Gasteiger partial charge in [-0.05, 0) is 63.5 Å². The van der Waals surface area contributed by atoms with Crippen molar-refractivity contribution in [3.63, 3.8) is 0 Å². The molecule has 1 saturated heterocycles. The van der Waals surface area contributed by atoms with Gasteiger partial charge in [0.1, 0.15) is 0 Å². The minimum Gasteiger partial charge on any atom is -0.383 e. The Balaban J connectivity index is 1.91. The zero-order valence-electron chi connectivity index (χ0n) is 10.6. The summed E-state index contributed by atoms with van der Waals surface area (Å²) in [5.41, 5.74) is 3.98. The number of hydrogen-bond acceptors (Lipinski definition) is 2. The van der Waals surface area contributed by atoms with Crippen LogP contribution in [0.2, 0.25) is 0 Å². The molecule has 1 heterocycles. The molecule has 0 radical (unpaired) electrons. The van der Waals surface area contributed by atoms with E-state index in [1.807, 2.05) is 0 Å². The highest BCUT2D eigenvalue weighted by molar-refractivity contribution is 5.48. The quantitative estimate of drug-likeness (QED) is 0.839. The number of rotatable bonds is 3. The summed E-state index contributed by atoms with van der Waals surface area (Å²) < 4.78 is 0. The number of aryl methyl sites for hydroxylation is 2. The predicted molar refractivity (Wildman–Crippen MR) is 70.1 cm³/mol. The molecule has 2 nitrogen and oxygen atoms in total. The van der Waals surface area contributed by atoms with Crippen LogP contribution in [-0.2, 0) is 0 Å². The van der Waals surface area contributed by atoms with Crippen molar-refractivity contribution in [2.45, 2.75) is 32.7 Å². The minimum absolute atomic E-state index is 0.710. The Bertz CT molecular complexity index is 360. The molecule has 1 N–H and O–H groups in total. The maximum absolute atomic E-state index is 3.54. The normalized spacial score (nSPS) is 21.3. The fraction of sp³-hybridized carbons (Fsp3) is 0.571. The molecule has 2 rings (SSSR count). The van der Waals surface area contributed by atoms with E-state index >= 15 is 0 Å². The van der Waals surface area contributed by atoms with Crippen LogP contribution in [0.25, 0.3) is 0 Å². The lowest BCUT2D eigenvalue weighted by Gasteiger charge is -2.20. The fourth-order valence-electron chi connectivity index (χ4n) is 2.32. The molecule has 1 fully saturated rings. The molecule has 1 unspecified atom stereocenters. The Labute approximate surface area is 98.7 Å². The lowest BCUT2D eigenvalue weighted by atomic mass is 10.1. The van der Waals surface area contributed by atoms with Gasteiger partial charge in [0.05, 0.1) is 0 Å². The SMILES string of the molecule is Cc1ccc(NCC2CCCN2C)cc1C. The maximum Gasteiger partial charge on any atom is 0.0343 e. The topological polar surface area (TPSA) is 15.3 Å². The number of likely N-dealkylation sites (tertiary alicyclic amines) is 1. The second-order valence-electron chi connectivity index (χ2n) is 4.96. The first-order chi connectivity index (χ1) is 7.66. The monoisotopic (exact) mass is 218 g/mol. The summed E-state index contributed by atoms with van der Waals surface area (Å²) in [6, 6.07) is 7.32. The van der Waals surface area contributed by atoms with Crippen molar-refractivity contribution in [3.8, 4) is 0 Å². The molecule has 2 heteroatoms. The average molecular weight is 218 g/mol. The molecule has 0 saturated carbocycles. The third-order valence-electron chi connectivity index (χ3n) is 3.72. The van der Waals surface area contributed by atoms with Gasteiger partial charge in [0.25, 0.3) is 0 Å². The second kappa shape index (κ2) is 4.88. The summed E-state index contributed by atoms with van der Waals surface area (Å²) in [7, 11) is 2.22. The minimum atomic E-state index is 0.710. The summed E-state index contributed by atoms with van der Waals surface area (Å²) in [6.45, 7) is 6.64. The first kappa shape index (κ1) is 11.5. The molecule has 1 aromatic rings. The van der Waals surface area contributed by atoms with Crippen LogP contribution in [0.5, 0.6) is 0 Å². The van der Waals surface area contributed by atoms with E-state index in [4.69, 9.17) is 0 Å². The van der Waals surface area contributed by atoms with Crippen molar-refractivity contribution in [1.82, 2.24) is 4.90 Å². The molecule has 1 atom stereocenters. The van der Waals surface area contributed by atoms with E-state index in [0.717, 1.165) is 6.54 Å². The summed E-state index contributed by atoms with van der Waals surface area (Å²) >= 11 is 0. The van der Waals surface area contributed by atoms with Gasteiger partial charge in [0.15, 0.2) is 0 Å². The number of nitrogens with one attached hydrogen (secondary N) is 1. The predicted octanol–water partition coefficient (Wildman–Crippen LogP) is 2.81. The van der Waals surface area contributed by atoms with Gasteiger partial charge in [0.2, 0.25) is 0 Å². The fourth-order valence-corrected chi connectivity index (χ4v) is 2.32. The summed E-state index contributed by atoms with van der Waals surface area (Å²) in [6.07, 6.45) is 2.67. The Hall–Kier alpha value is -1.02. The van der Waals surface area contributed by atoms with E-state index in [-0.39, 0.29) is 0 Å². The van der Waals surface area contributed by atoms with Crippen molar-refractivity contribution in [3.05, 3.63) is 29.3 Å². The Morgan fingerprint density at radius 1 is 1.31 bits per heavy atom. The lowest BCUT2D eigenvalue weighted by molar-refractivity contribution is 0.322. The highest BCUT2D eigenvalue weighted by Crippen LogP contribution is 2.17. The van der Waals surface area contributed by atoms with Gasteiger partial charge in [-0.15, -0.1) is 0 Å². The molecule has 0 aromatic heterocycles. The zero-order chi connectivity index (χ0) is 11.5. The van der Waals surface area contributed by atoms with Crippen LogP contribution in [0, 0.1) is 13.8 Å². The highest BCUT2D eigenvalue weighted by atomic mass is 15.2. The number of benzene rings is 1. The van der Waals surface area contributed by atoms with Crippen LogP contribution in [0.1, 0.15) is 24.0 Å². The molecule has 1 aliphatic rings. The first-order valence-corrected chi connectivity index (χ1v) is 6.18. The van der Waals surface area contributed by atoms with Crippen LogP contribution in [0.15, 0.2) is 18.2 Å². The number of nitrogens with zero attached hydrogens (tertiary/aromatic N) is 1. The Kier molecular flexibility index (Phi) is 3.49. The second-order valence-corrected chi connectivity index (χ2v) is 4.96. The number of hydrogen-bond donors (Lipinski definition) is 1. The van der Waals surface area contributed by atoms with Gasteiger partial charge < -0.3 is 10.2 Å². The van der Waals surface area contributed by atoms with E-state index in [9.17, 15) is 0 Å². The summed E-state index contributed by atoms with van der Waals surface area (Å²) in [5.74, 6) is 0. The molecule has 88 valence electrons. The van der Waals surface area contributed by atoms with Crippen LogP contribution < -0.4 is 5.32 Å². The number of anilines is 1. The van der Waals surface area contributed by atoms with E-state index in [0.29, 0.717) is 6.04 Å². The van der Waals surface area contributed by atoms with Crippen LogP contribution in [-0.4, -0.2) is 31.1 Å². The maximum atomic E-state index is 3.54.